The molecule has 1 aliphatic heterocycles. The van der Waals surface area contributed by atoms with Crippen molar-refractivity contribution in [3.8, 4) is 0 Å². The van der Waals surface area contributed by atoms with Gasteiger partial charge in [-0.1, -0.05) is 17.4 Å². The average Bonchev–Trinajstić information content (AvgIpc) is 3.32. The molecular weight excluding hydrogens is 392 g/mol. The number of hydrogen-bond donors (Lipinski definition) is 0. The van der Waals surface area contributed by atoms with E-state index in [4.69, 9.17) is 4.74 Å². The number of nitrogens with zero attached hydrogens (tertiary/aromatic N) is 3. The quantitative estimate of drug-likeness (QED) is 0.646. The zero-order valence-electron chi connectivity index (χ0n) is 14.4. The number of thiophene rings is 1. The van der Waals surface area contributed by atoms with Gasteiger partial charge in [-0.15, -0.1) is 11.3 Å². The monoisotopic (exact) mass is 409 g/mol. The molecule has 2 aromatic heterocycles. The SMILES string of the molecule is O=C(c1cccs1)N(CCN1CCOCC1)c1nc2c(F)cc(F)cc2s1. The van der Waals surface area contributed by atoms with E-state index in [1.807, 2.05) is 11.4 Å². The van der Waals surface area contributed by atoms with Crippen LogP contribution in [0.25, 0.3) is 10.2 Å². The minimum absolute atomic E-state index is 0.0896. The predicted molar refractivity (Wildman–Crippen MR) is 103 cm³/mol. The third kappa shape index (κ3) is 4.01. The first-order valence-electron chi connectivity index (χ1n) is 8.53. The van der Waals surface area contributed by atoms with Gasteiger partial charge in [0, 0.05) is 32.2 Å². The molecule has 0 saturated carbocycles. The molecule has 1 saturated heterocycles. The van der Waals surface area contributed by atoms with E-state index >= 15 is 0 Å². The van der Waals surface area contributed by atoms with Crippen molar-refractivity contribution in [1.29, 1.82) is 0 Å². The number of carbonyl (C=O) groups is 1. The fourth-order valence-corrected chi connectivity index (χ4v) is 4.65. The maximum atomic E-state index is 14.1. The Morgan fingerprint density at radius 3 is 2.85 bits per heavy atom. The van der Waals surface area contributed by atoms with Gasteiger partial charge in [-0.3, -0.25) is 14.6 Å². The molecule has 0 radical (unpaired) electrons. The molecular formula is C18H17F2N3O2S2. The zero-order valence-corrected chi connectivity index (χ0v) is 16.0. The summed E-state index contributed by atoms with van der Waals surface area (Å²) in [4.78, 5) is 21.7. The van der Waals surface area contributed by atoms with Crippen LogP contribution in [0.3, 0.4) is 0 Å². The first-order chi connectivity index (χ1) is 13.1. The van der Waals surface area contributed by atoms with Gasteiger partial charge in [0.05, 0.1) is 22.8 Å². The predicted octanol–water partition coefficient (Wildman–Crippen LogP) is 3.62. The standard InChI is InChI=1S/C18H17F2N3O2S2/c19-12-10-13(20)16-15(11-12)27-18(21-16)23(17(24)14-2-1-9-26-14)4-3-22-5-7-25-8-6-22/h1-2,9-11H,3-8H2. The van der Waals surface area contributed by atoms with E-state index in [1.165, 1.54) is 17.4 Å². The molecule has 4 rings (SSSR count). The Bertz CT molecular complexity index is 940. The normalized spacial score (nSPS) is 15.3. The maximum Gasteiger partial charge on any atom is 0.270 e. The Labute approximate surface area is 162 Å². The van der Waals surface area contributed by atoms with Crippen LogP contribution in [-0.2, 0) is 4.74 Å². The van der Waals surface area contributed by atoms with Crippen LogP contribution in [0.15, 0.2) is 29.6 Å². The third-order valence-electron chi connectivity index (χ3n) is 4.35. The first kappa shape index (κ1) is 18.4. The lowest BCUT2D eigenvalue weighted by Crippen LogP contribution is -2.43. The van der Waals surface area contributed by atoms with E-state index in [-0.39, 0.29) is 11.4 Å². The molecule has 3 heterocycles. The van der Waals surface area contributed by atoms with Crippen molar-refractivity contribution < 1.29 is 18.3 Å². The number of carbonyl (C=O) groups excluding carboxylic acids is 1. The molecule has 9 heteroatoms. The smallest absolute Gasteiger partial charge is 0.270 e. The van der Waals surface area contributed by atoms with Crippen LogP contribution in [-0.4, -0.2) is 55.2 Å². The largest absolute Gasteiger partial charge is 0.379 e. The Morgan fingerprint density at radius 1 is 1.30 bits per heavy atom. The van der Waals surface area contributed by atoms with Gasteiger partial charge in [-0.25, -0.2) is 13.8 Å². The topological polar surface area (TPSA) is 45.7 Å². The highest BCUT2D eigenvalue weighted by Gasteiger charge is 2.24. The number of anilines is 1. The van der Waals surface area contributed by atoms with Crippen LogP contribution in [0.2, 0.25) is 0 Å². The highest BCUT2D eigenvalue weighted by atomic mass is 32.1. The molecule has 1 fully saturated rings. The average molecular weight is 409 g/mol. The third-order valence-corrected chi connectivity index (χ3v) is 6.24. The summed E-state index contributed by atoms with van der Waals surface area (Å²) in [5.41, 5.74) is 0.0896. The minimum atomic E-state index is -0.718. The van der Waals surface area contributed by atoms with E-state index in [0.29, 0.717) is 41.0 Å². The lowest BCUT2D eigenvalue weighted by atomic mass is 10.3. The van der Waals surface area contributed by atoms with Crippen LogP contribution in [0.4, 0.5) is 13.9 Å². The van der Waals surface area contributed by atoms with E-state index in [1.54, 1.807) is 11.0 Å². The van der Waals surface area contributed by atoms with Crippen molar-refractivity contribution in [1.82, 2.24) is 9.88 Å². The molecule has 1 amide bonds. The summed E-state index contributed by atoms with van der Waals surface area (Å²) in [7, 11) is 0. The molecule has 142 valence electrons. The highest BCUT2D eigenvalue weighted by molar-refractivity contribution is 7.22. The Balaban J connectivity index is 1.64. The second-order valence-electron chi connectivity index (χ2n) is 6.12. The van der Waals surface area contributed by atoms with Gasteiger partial charge >= 0.3 is 0 Å². The molecule has 1 aliphatic rings. The van der Waals surface area contributed by atoms with E-state index in [9.17, 15) is 13.6 Å². The summed E-state index contributed by atoms with van der Waals surface area (Å²) in [6, 6.07) is 5.62. The lowest BCUT2D eigenvalue weighted by Gasteiger charge is -2.29. The molecule has 3 aromatic rings. The summed E-state index contributed by atoms with van der Waals surface area (Å²) >= 11 is 2.47. The van der Waals surface area contributed by atoms with Crippen LogP contribution < -0.4 is 4.90 Å². The van der Waals surface area contributed by atoms with Gasteiger partial charge in [-0.05, 0) is 17.5 Å². The number of morpholine rings is 1. The van der Waals surface area contributed by atoms with Gasteiger partial charge < -0.3 is 4.74 Å². The van der Waals surface area contributed by atoms with Crippen molar-refractivity contribution in [2.75, 3.05) is 44.3 Å². The Hall–Kier alpha value is -1.94. The van der Waals surface area contributed by atoms with Gasteiger partial charge in [0.2, 0.25) is 0 Å². The fourth-order valence-electron chi connectivity index (χ4n) is 2.94. The Morgan fingerprint density at radius 2 is 2.11 bits per heavy atom. The van der Waals surface area contributed by atoms with Gasteiger partial charge in [-0.2, -0.15) is 0 Å². The van der Waals surface area contributed by atoms with Crippen molar-refractivity contribution in [2.24, 2.45) is 0 Å². The molecule has 5 nitrogen and oxygen atoms in total. The van der Waals surface area contributed by atoms with Crippen molar-refractivity contribution in [3.63, 3.8) is 0 Å². The fraction of sp³-hybridized carbons (Fsp3) is 0.333. The van der Waals surface area contributed by atoms with Crippen LogP contribution in [0.1, 0.15) is 9.67 Å². The van der Waals surface area contributed by atoms with Gasteiger partial charge in [0.25, 0.3) is 5.91 Å². The zero-order chi connectivity index (χ0) is 18.8. The highest BCUT2D eigenvalue weighted by Crippen LogP contribution is 2.32. The maximum absolute atomic E-state index is 14.1. The summed E-state index contributed by atoms with van der Waals surface area (Å²) in [6.07, 6.45) is 0. The van der Waals surface area contributed by atoms with E-state index < -0.39 is 11.6 Å². The number of aromatic nitrogens is 1. The first-order valence-corrected chi connectivity index (χ1v) is 10.2. The van der Waals surface area contributed by atoms with Gasteiger partial charge in [0.1, 0.15) is 11.3 Å². The van der Waals surface area contributed by atoms with Crippen molar-refractivity contribution in [2.45, 2.75) is 0 Å². The van der Waals surface area contributed by atoms with Gasteiger partial charge in [0.15, 0.2) is 10.9 Å². The summed E-state index contributed by atoms with van der Waals surface area (Å²) in [5.74, 6) is -1.55. The minimum Gasteiger partial charge on any atom is -0.379 e. The van der Waals surface area contributed by atoms with Crippen LogP contribution >= 0.6 is 22.7 Å². The number of thiazole rings is 1. The second kappa shape index (κ2) is 7.97. The van der Waals surface area contributed by atoms with Crippen LogP contribution in [0, 0.1) is 11.6 Å². The number of hydrogen-bond acceptors (Lipinski definition) is 6. The van der Waals surface area contributed by atoms with Crippen molar-refractivity contribution >= 4 is 43.9 Å². The number of amides is 1. The number of fused-ring (bicyclic) bond motifs is 1. The molecule has 0 bridgehead atoms. The lowest BCUT2D eigenvalue weighted by molar-refractivity contribution is 0.0391. The number of benzene rings is 1. The molecule has 27 heavy (non-hydrogen) atoms. The molecule has 0 aliphatic carbocycles. The second-order valence-corrected chi connectivity index (χ2v) is 8.08. The molecule has 0 unspecified atom stereocenters. The van der Waals surface area contributed by atoms with E-state index in [2.05, 4.69) is 9.88 Å². The summed E-state index contributed by atoms with van der Waals surface area (Å²) in [5, 5.41) is 2.21. The molecule has 0 atom stereocenters. The van der Waals surface area contributed by atoms with Crippen molar-refractivity contribution in [3.05, 3.63) is 46.2 Å². The molecule has 0 spiro atoms. The summed E-state index contributed by atoms with van der Waals surface area (Å²) < 4.78 is 33.3. The molecule has 0 N–H and O–H groups in total. The number of ether oxygens (including phenoxy) is 1. The van der Waals surface area contributed by atoms with Crippen LogP contribution in [0.5, 0.6) is 0 Å². The Kier molecular flexibility index (Phi) is 5.44. The summed E-state index contributed by atoms with van der Waals surface area (Å²) in [6.45, 7) is 4.03. The number of halogens is 2. The molecule has 1 aromatic carbocycles. The number of rotatable bonds is 5. The van der Waals surface area contributed by atoms with E-state index in [0.717, 1.165) is 30.5 Å².